The number of nitrogens with one attached hydrogen (secondary N) is 1. The van der Waals surface area contributed by atoms with Gasteiger partial charge in [0.05, 0.1) is 18.8 Å². The molecule has 2 bridgehead atoms. The third-order valence-electron chi connectivity index (χ3n) is 5.57. The molecule has 2 spiro atoms. The van der Waals surface area contributed by atoms with Crippen molar-refractivity contribution in [2.75, 3.05) is 19.7 Å². The molecule has 3 aliphatic heterocycles. The maximum absolute atomic E-state index is 12.8. The molecule has 4 fully saturated rings. The zero-order valence-electron chi connectivity index (χ0n) is 12.3. The van der Waals surface area contributed by atoms with Crippen molar-refractivity contribution in [3.8, 4) is 0 Å². The van der Waals surface area contributed by atoms with E-state index in [1.54, 1.807) is 4.90 Å². The molecule has 1 saturated carbocycles. The highest BCUT2D eigenvalue weighted by atomic mass is 35.5. The fourth-order valence-corrected chi connectivity index (χ4v) is 4.44. The Kier molecular flexibility index (Phi) is 5.03. The molecule has 1 aliphatic carbocycles. The lowest BCUT2D eigenvalue weighted by atomic mass is 9.84. The summed E-state index contributed by atoms with van der Waals surface area (Å²) in [4.78, 5) is 1.68. The number of ether oxygens (including phenoxy) is 1. The fraction of sp³-hybridized carbons (Fsp3) is 1.00. The van der Waals surface area contributed by atoms with E-state index in [4.69, 9.17) is 4.74 Å². The zero-order valence-corrected chi connectivity index (χ0v) is 14.0. The second-order valence-electron chi connectivity index (χ2n) is 7.21. The van der Waals surface area contributed by atoms with Crippen LogP contribution in [0.15, 0.2) is 0 Å². The first-order chi connectivity index (χ1) is 9.38. The van der Waals surface area contributed by atoms with E-state index in [0.29, 0.717) is 25.2 Å². The van der Waals surface area contributed by atoms with Gasteiger partial charge in [0, 0.05) is 24.2 Å². The van der Waals surface area contributed by atoms with E-state index in [2.05, 4.69) is 5.32 Å². The minimum absolute atomic E-state index is 0. The molecular weight excluding hydrogens is 340 g/mol. The van der Waals surface area contributed by atoms with Crippen molar-refractivity contribution < 1.29 is 17.9 Å². The topological polar surface area (TPSA) is 24.5 Å². The molecule has 4 aliphatic rings. The summed E-state index contributed by atoms with van der Waals surface area (Å²) >= 11 is 0. The molecule has 0 aromatic heterocycles. The van der Waals surface area contributed by atoms with Crippen molar-refractivity contribution in [1.82, 2.24) is 10.2 Å². The first-order valence-electron chi connectivity index (χ1n) is 7.60. The van der Waals surface area contributed by atoms with Crippen molar-refractivity contribution in [1.29, 1.82) is 0 Å². The van der Waals surface area contributed by atoms with E-state index >= 15 is 0 Å². The summed E-state index contributed by atoms with van der Waals surface area (Å²) in [6, 6.07) is 0.879. The maximum atomic E-state index is 12.8. The number of halogens is 5. The van der Waals surface area contributed by atoms with Crippen LogP contribution in [0.4, 0.5) is 13.2 Å². The Labute approximate surface area is 141 Å². The first-order valence-corrected chi connectivity index (χ1v) is 7.60. The molecule has 130 valence electrons. The summed E-state index contributed by atoms with van der Waals surface area (Å²) in [6.45, 7) is 0.171. The van der Waals surface area contributed by atoms with Crippen LogP contribution in [-0.2, 0) is 4.74 Å². The smallest absolute Gasteiger partial charge is 0.372 e. The van der Waals surface area contributed by atoms with Crippen LogP contribution in [-0.4, -0.2) is 54.0 Å². The molecule has 8 heteroatoms. The number of morpholine rings is 1. The minimum atomic E-state index is -4.11. The first kappa shape index (κ1) is 18.6. The highest BCUT2D eigenvalue weighted by molar-refractivity contribution is 5.85. The summed E-state index contributed by atoms with van der Waals surface area (Å²) < 4.78 is 44.7. The number of alkyl halides is 3. The van der Waals surface area contributed by atoms with Gasteiger partial charge in [-0.05, 0) is 38.5 Å². The van der Waals surface area contributed by atoms with E-state index < -0.39 is 12.7 Å². The monoisotopic (exact) mass is 362 g/mol. The second kappa shape index (κ2) is 5.96. The van der Waals surface area contributed by atoms with E-state index in [1.807, 2.05) is 0 Å². The van der Waals surface area contributed by atoms with Crippen LogP contribution < -0.4 is 5.32 Å². The van der Waals surface area contributed by atoms with Gasteiger partial charge in [-0.1, -0.05) is 0 Å². The van der Waals surface area contributed by atoms with Crippen molar-refractivity contribution in [2.24, 2.45) is 0 Å². The van der Waals surface area contributed by atoms with Gasteiger partial charge in [0.2, 0.25) is 0 Å². The van der Waals surface area contributed by atoms with Crippen molar-refractivity contribution >= 4 is 24.8 Å². The Morgan fingerprint density at radius 1 is 1.09 bits per heavy atom. The number of nitrogens with zero attached hydrogens (tertiary/aromatic N) is 1. The predicted molar refractivity (Wildman–Crippen MR) is 82.0 cm³/mol. The van der Waals surface area contributed by atoms with Gasteiger partial charge in [-0.15, -0.1) is 24.8 Å². The zero-order chi connectivity index (χ0) is 14.0. The molecule has 3 nitrogen and oxygen atoms in total. The van der Waals surface area contributed by atoms with Crippen LogP contribution in [0.2, 0.25) is 0 Å². The predicted octanol–water partition coefficient (Wildman–Crippen LogP) is 2.91. The molecular formula is C14H23Cl2F3N2O. The third kappa shape index (κ3) is 3.36. The van der Waals surface area contributed by atoms with E-state index in [0.717, 1.165) is 38.5 Å². The number of piperidine rings is 1. The summed E-state index contributed by atoms with van der Waals surface area (Å²) in [6.07, 6.45) is 1.61. The van der Waals surface area contributed by atoms with Crippen LogP contribution in [0.25, 0.3) is 0 Å². The van der Waals surface area contributed by atoms with E-state index in [-0.39, 0.29) is 36.0 Å². The quantitative estimate of drug-likeness (QED) is 0.776. The molecule has 0 amide bonds. The van der Waals surface area contributed by atoms with Gasteiger partial charge in [0.15, 0.2) is 0 Å². The summed E-state index contributed by atoms with van der Waals surface area (Å²) in [7, 11) is 0. The van der Waals surface area contributed by atoms with Gasteiger partial charge < -0.3 is 10.1 Å². The second-order valence-corrected chi connectivity index (χ2v) is 7.21. The minimum Gasteiger partial charge on any atom is -0.372 e. The number of hydrogen-bond donors (Lipinski definition) is 1. The molecule has 22 heavy (non-hydrogen) atoms. The molecule has 1 unspecified atom stereocenters. The lowest BCUT2D eigenvalue weighted by molar-refractivity contribution is -0.203. The normalized spacial score (nSPS) is 39.4. The SMILES string of the molecule is Cl.Cl.FC(F)(F)CN1CC2(C[C@H]3CC[C@@H](C2)N3)OCC12CC2. The average Bonchev–Trinajstić information content (AvgIpc) is 3.04. The summed E-state index contributed by atoms with van der Waals surface area (Å²) in [5.41, 5.74) is -0.638. The van der Waals surface area contributed by atoms with Gasteiger partial charge in [0.25, 0.3) is 0 Å². The Morgan fingerprint density at radius 2 is 1.68 bits per heavy atom. The number of fused-ring (bicyclic) bond motifs is 2. The lowest BCUT2D eigenvalue weighted by Gasteiger charge is -2.51. The summed E-state index contributed by atoms with van der Waals surface area (Å²) in [5.74, 6) is 0. The molecule has 1 N–H and O–H groups in total. The molecule has 0 aromatic rings. The third-order valence-corrected chi connectivity index (χ3v) is 5.57. The van der Waals surface area contributed by atoms with Gasteiger partial charge in [0.1, 0.15) is 0 Å². The van der Waals surface area contributed by atoms with Crippen LogP contribution in [0.3, 0.4) is 0 Å². The average molecular weight is 363 g/mol. The highest BCUT2D eigenvalue weighted by Crippen LogP contribution is 2.50. The lowest BCUT2D eigenvalue weighted by Crippen LogP contribution is -2.64. The van der Waals surface area contributed by atoms with Gasteiger partial charge >= 0.3 is 6.18 Å². The highest BCUT2D eigenvalue weighted by Gasteiger charge is 2.59. The summed E-state index contributed by atoms with van der Waals surface area (Å²) in [5, 5.41) is 3.54. The number of rotatable bonds is 1. The Balaban J connectivity index is 0.000000882. The van der Waals surface area contributed by atoms with E-state index in [9.17, 15) is 13.2 Å². The van der Waals surface area contributed by atoms with Gasteiger partial charge in [-0.2, -0.15) is 13.2 Å². The molecule has 3 atom stereocenters. The molecule has 3 saturated heterocycles. The van der Waals surface area contributed by atoms with E-state index in [1.165, 1.54) is 0 Å². The largest absolute Gasteiger partial charge is 0.401 e. The Hall–Kier alpha value is 0.250. The van der Waals surface area contributed by atoms with Gasteiger partial charge in [-0.3, -0.25) is 4.90 Å². The van der Waals surface area contributed by atoms with Crippen LogP contribution >= 0.6 is 24.8 Å². The van der Waals surface area contributed by atoms with Crippen molar-refractivity contribution in [2.45, 2.75) is 67.9 Å². The number of hydrogen-bond acceptors (Lipinski definition) is 3. The van der Waals surface area contributed by atoms with Crippen LogP contribution in [0.5, 0.6) is 0 Å². The Bertz CT molecular complexity index is 405. The fourth-order valence-electron chi connectivity index (χ4n) is 4.44. The van der Waals surface area contributed by atoms with Crippen molar-refractivity contribution in [3.05, 3.63) is 0 Å². The van der Waals surface area contributed by atoms with Crippen LogP contribution in [0, 0.1) is 0 Å². The molecule has 0 radical (unpaired) electrons. The van der Waals surface area contributed by atoms with Gasteiger partial charge in [-0.25, -0.2) is 0 Å². The molecule has 0 aromatic carbocycles. The maximum Gasteiger partial charge on any atom is 0.401 e. The Morgan fingerprint density at radius 3 is 2.18 bits per heavy atom. The van der Waals surface area contributed by atoms with Crippen LogP contribution in [0.1, 0.15) is 38.5 Å². The molecule has 3 heterocycles. The van der Waals surface area contributed by atoms with Crippen molar-refractivity contribution in [3.63, 3.8) is 0 Å². The standard InChI is InChI=1S/C14H21F3N2O.2ClH/c15-14(16,17)8-19-7-13(20-9-12(19)3-4-12)5-10-1-2-11(6-13)18-10;;/h10-11,18H,1-9H2;2*1H/t10-,11+,13?;;. The molecule has 4 rings (SSSR count).